The van der Waals surface area contributed by atoms with E-state index in [2.05, 4.69) is 5.29 Å². The van der Waals surface area contributed by atoms with E-state index in [1.54, 1.807) is 4.90 Å². The highest BCUT2D eigenvalue weighted by molar-refractivity contribution is 5.77. The van der Waals surface area contributed by atoms with E-state index in [-0.39, 0.29) is 12.5 Å². The number of hydrogen-bond donors (Lipinski definition) is 0. The van der Waals surface area contributed by atoms with Crippen LogP contribution < -0.4 is 0 Å². The summed E-state index contributed by atoms with van der Waals surface area (Å²) in [6, 6.07) is 0. The largest absolute Gasteiger partial charge is 0.375 e. The molecule has 1 amide bonds. The van der Waals surface area contributed by atoms with E-state index in [1.807, 2.05) is 0 Å². The van der Waals surface area contributed by atoms with Gasteiger partial charge in [0.05, 0.1) is 18.4 Å². The van der Waals surface area contributed by atoms with Crippen LogP contribution in [0, 0.1) is 4.91 Å². The minimum Gasteiger partial charge on any atom is -0.375 e. The topological polar surface area (TPSA) is 62.2 Å². The second kappa shape index (κ2) is 4.76. The number of ether oxygens (including phenoxy) is 1. The molecule has 74 valence electrons. The molecule has 0 atom stereocenters. The van der Waals surface area contributed by atoms with Crippen LogP contribution in [0.25, 0.3) is 0 Å². The van der Waals surface area contributed by atoms with Crippen LogP contribution in [-0.4, -0.2) is 55.7 Å². The molecule has 1 fully saturated rings. The van der Waals surface area contributed by atoms with Gasteiger partial charge in [0, 0.05) is 20.2 Å². The third-order valence-corrected chi connectivity index (χ3v) is 1.99. The lowest BCUT2D eigenvalue weighted by atomic mass is 10.3. The first-order valence-electron chi connectivity index (χ1n) is 4.13. The zero-order chi connectivity index (χ0) is 9.68. The third kappa shape index (κ3) is 2.66. The number of carbonyl (C=O) groups is 1. The van der Waals surface area contributed by atoms with E-state index in [9.17, 15) is 9.70 Å². The van der Waals surface area contributed by atoms with Crippen LogP contribution in [0.15, 0.2) is 5.29 Å². The lowest BCUT2D eigenvalue weighted by molar-refractivity contribution is -0.136. The number of nitroso groups, excluding NO2 is 1. The van der Waals surface area contributed by atoms with Gasteiger partial charge in [0.25, 0.3) is 0 Å². The molecule has 0 aliphatic carbocycles. The van der Waals surface area contributed by atoms with Crippen LogP contribution in [0.4, 0.5) is 0 Å². The number of nitrogens with zero attached hydrogens (tertiary/aromatic N) is 3. The monoisotopic (exact) mass is 187 g/mol. The van der Waals surface area contributed by atoms with E-state index >= 15 is 0 Å². The van der Waals surface area contributed by atoms with Gasteiger partial charge in [-0.2, -0.15) is 0 Å². The molecule has 13 heavy (non-hydrogen) atoms. The van der Waals surface area contributed by atoms with Crippen molar-refractivity contribution in [1.29, 1.82) is 0 Å². The van der Waals surface area contributed by atoms with Crippen molar-refractivity contribution >= 4 is 5.91 Å². The Hall–Kier alpha value is -1.17. The van der Waals surface area contributed by atoms with Crippen molar-refractivity contribution in [2.24, 2.45) is 5.29 Å². The standard InChI is InChI=1S/C7H13N3O3/c1-13-6-7(11)9-2-4-10(8-12)5-3-9/h2-6H2,1H3. The first kappa shape index (κ1) is 9.91. The molecule has 0 aromatic rings. The molecule has 6 heteroatoms. The summed E-state index contributed by atoms with van der Waals surface area (Å²) in [7, 11) is 1.49. The molecule has 0 aromatic carbocycles. The molecule has 0 radical (unpaired) electrons. The summed E-state index contributed by atoms with van der Waals surface area (Å²) >= 11 is 0. The normalized spacial score (nSPS) is 17.3. The molecule has 1 aliphatic heterocycles. The molecule has 1 heterocycles. The van der Waals surface area contributed by atoms with E-state index in [0.29, 0.717) is 26.2 Å². The maximum Gasteiger partial charge on any atom is 0.248 e. The van der Waals surface area contributed by atoms with E-state index < -0.39 is 0 Å². The average molecular weight is 187 g/mol. The summed E-state index contributed by atoms with van der Waals surface area (Å²) in [5.41, 5.74) is 0. The predicted molar refractivity (Wildman–Crippen MR) is 45.8 cm³/mol. The first-order chi connectivity index (χ1) is 6.27. The molecule has 0 saturated carbocycles. The SMILES string of the molecule is COCC(=O)N1CCN(N=O)CC1. The van der Waals surface area contributed by atoms with Crippen molar-refractivity contribution in [1.82, 2.24) is 9.91 Å². The minimum atomic E-state index is -0.0342. The lowest BCUT2D eigenvalue weighted by Gasteiger charge is -2.30. The Bertz CT molecular complexity index is 189. The van der Waals surface area contributed by atoms with E-state index in [4.69, 9.17) is 4.74 Å². The van der Waals surface area contributed by atoms with Gasteiger partial charge in [-0.3, -0.25) is 9.80 Å². The van der Waals surface area contributed by atoms with Crippen molar-refractivity contribution in [3.8, 4) is 0 Å². The fourth-order valence-electron chi connectivity index (χ4n) is 1.24. The smallest absolute Gasteiger partial charge is 0.248 e. The Morgan fingerprint density at radius 1 is 1.38 bits per heavy atom. The van der Waals surface area contributed by atoms with Gasteiger partial charge in [0.15, 0.2) is 0 Å². The molecule has 0 unspecified atom stereocenters. The predicted octanol–water partition coefficient (Wildman–Crippen LogP) is -0.542. The van der Waals surface area contributed by atoms with Crippen LogP contribution in [0.5, 0.6) is 0 Å². The Balaban J connectivity index is 2.31. The number of piperazine rings is 1. The number of hydrogen-bond acceptors (Lipinski definition) is 4. The Labute approximate surface area is 76.4 Å². The van der Waals surface area contributed by atoms with Gasteiger partial charge in [-0.1, -0.05) is 0 Å². The van der Waals surface area contributed by atoms with Gasteiger partial charge in [-0.25, -0.2) is 0 Å². The van der Waals surface area contributed by atoms with Gasteiger partial charge < -0.3 is 9.64 Å². The molecule has 6 nitrogen and oxygen atoms in total. The number of rotatable bonds is 3. The number of amides is 1. The fraction of sp³-hybridized carbons (Fsp3) is 0.857. The number of carbonyl (C=O) groups excluding carboxylic acids is 1. The van der Waals surface area contributed by atoms with Crippen LogP contribution in [-0.2, 0) is 9.53 Å². The molecule has 1 saturated heterocycles. The maximum absolute atomic E-state index is 11.3. The lowest BCUT2D eigenvalue weighted by Crippen LogP contribution is -2.47. The van der Waals surface area contributed by atoms with Gasteiger partial charge >= 0.3 is 0 Å². The van der Waals surface area contributed by atoms with Crippen LogP contribution >= 0.6 is 0 Å². The summed E-state index contributed by atoms with van der Waals surface area (Å²) in [5, 5.41) is 4.21. The Morgan fingerprint density at radius 3 is 2.46 bits per heavy atom. The summed E-state index contributed by atoms with van der Waals surface area (Å²) in [6.45, 7) is 2.23. The van der Waals surface area contributed by atoms with E-state index in [0.717, 1.165) is 0 Å². The molecular weight excluding hydrogens is 174 g/mol. The molecule has 0 spiro atoms. The second-order valence-corrected chi connectivity index (χ2v) is 2.85. The molecule has 0 bridgehead atoms. The Kier molecular flexibility index (Phi) is 3.63. The van der Waals surface area contributed by atoms with Gasteiger partial charge in [0.2, 0.25) is 5.91 Å². The summed E-state index contributed by atoms with van der Waals surface area (Å²) in [6.07, 6.45) is 0. The highest BCUT2D eigenvalue weighted by Crippen LogP contribution is 2.01. The molecule has 1 rings (SSSR count). The maximum atomic E-state index is 11.3. The zero-order valence-electron chi connectivity index (χ0n) is 7.60. The summed E-state index contributed by atoms with van der Waals surface area (Å²) in [4.78, 5) is 23.0. The van der Waals surface area contributed by atoms with Crippen molar-refractivity contribution in [3.05, 3.63) is 4.91 Å². The van der Waals surface area contributed by atoms with Crippen LogP contribution in [0.2, 0.25) is 0 Å². The minimum absolute atomic E-state index is 0.0342. The Morgan fingerprint density at radius 2 is 2.00 bits per heavy atom. The fourth-order valence-corrected chi connectivity index (χ4v) is 1.24. The van der Waals surface area contributed by atoms with Crippen LogP contribution in [0.3, 0.4) is 0 Å². The summed E-state index contributed by atoms with van der Waals surface area (Å²) in [5.74, 6) is -0.0342. The highest BCUT2D eigenvalue weighted by Gasteiger charge is 2.20. The second-order valence-electron chi connectivity index (χ2n) is 2.85. The van der Waals surface area contributed by atoms with Gasteiger partial charge in [-0.15, -0.1) is 4.91 Å². The van der Waals surface area contributed by atoms with Crippen molar-refractivity contribution < 1.29 is 9.53 Å². The molecule has 1 aliphatic rings. The van der Waals surface area contributed by atoms with Crippen molar-refractivity contribution in [2.75, 3.05) is 39.9 Å². The first-order valence-corrected chi connectivity index (χ1v) is 4.13. The van der Waals surface area contributed by atoms with Crippen molar-refractivity contribution in [3.63, 3.8) is 0 Å². The average Bonchev–Trinajstić information content (AvgIpc) is 2.18. The summed E-state index contributed by atoms with van der Waals surface area (Å²) < 4.78 is 4.72. The number of methoxy groups -OCH3 is 1. The quantitative estimate of drug-likeness (QED) is 0.556. The van der Waals surface area contributed by atoms with E-state index in [1.165, 1.54) is 12.1 Å². The molecule has 0 N–H and O–H groups in total. The molecule has 0 aromatic heterocycles. The van der Waals surface area contributed by atoms with Crippen molar-refractivity contribution in [2.45, 2.75) is 0 Å². The van der Waals surface area contributed by atoms with Gasteiger partial charge in [0.1, 0.15) is 6.61 Å². The molecular formula is C7H13N3O3. The third-order valence-electron chi connectivity index (χ3n) is 1.99. The zero-order valence-corrected chi connectivity index (χ0v) is 7.60. The highest BCUT2D eigenvalue weighted by atomic mass is 16.5. The van der Waals surface area contributed by atoms with Crippen LogP contribution in [0.1, 0.15) is 0 Å². The van der Waals surface area contributed by atoms with Gasteiger partial charge in [-0.05, 0) is 0 Å².